The van der Waals surface area contributed by atoms with E-state index in [0.29, 0.717) is 5.82 Å². The average molecular weight is 258 g/mol. The van der Waals surface area contributed by atoms with E-state index in [1.807, 2.05) is 30.3 Å². The summed E-state index contributed by atoms with van der Waals surface area (Å²) in [5.41, 5.74) is 0.788. The summed E-state index contributed by atoms with van der Waals surface area (Å²) in [6.45, 7) is 1.96. The van der Waals surface area contributed by atoms with Crippen LogP contribution in [0.4, 0.5) is 5.82 Å². The van der Waals surface area contributed by atoms with Crippen LogP contribution in [0.15, 0.2) is 36.4 Å². The molecule has 0 unspecified atom stereocenters. The highest BCUT2D eigenvalue weighted by Gasteiger charge is 2.10. The van der Waals surface area contributed by atoms with Crippen LogP contribution in [-0.2, 0) is 14.3 Å². The lowest BCUT2D eigenvalue weighted by Gasteiger charge is -2.05. The second-order valence-electron chi connectivity index (χ2n) is 3.92. The smallest absolute Gasteiger partial charge is 0.315 e. The van der Waals surface area contributed by atoms with Gasteiger partial charge in [-0.15, -0.1) is 0 Å². The van der Waals surface area contributed by atoms with Crippen molar-refractivity contribution in [2.75, 3.05) is 11.9 Å². The first-order valence-corrected chi connectivity index (χ1v) is 6.00. The minimum Gasteiger partial charge on any atom is -0.466 e. The van der Waals surface area contributed by atoms with Crippen molar-refractivity contribution in [2.24, 2.45) is 0 Å². The fourth-order valence-electron chi connectivity index (χ4n) is 1.67. The number of aromatic nitrogens is 1. The third-order valence-electron chi connectivity index (χ3n) is 2.48. The van der Waals surface area contributed by atoms with Gasteiger partial charge in [0.1, 0.15) is 12.2 Å². The van der Waals surface area contributed by atoms with E-state index in [1.54, 1.807) is 13.0 Å². The normalized spacial score (nSPS) is 10.2. The molecule has 0 spiro atoms. The molecule has 1 N–H and O–H groups in total. The van der Waals surface area contributed by atoms with Crippen molar-refractivity contribution < 1.29 is 14.3 Å². The molecule has 2 aromatic rings. The van der Waals surface area contributed by atoms with Gasteiger partial charge in [0.25, 0.3) is 0 Å². The molecule has 0 saturated heterocycles. The Morgan fingerprint density at radius 1 is 1.21 bits per heavy atom. The van der Waals surface area contributed by atoms with Gasteiger partial charge in [0.15, 0.2) is 0 Å². The van der Waals surface area contributed by atoms with Gasteiger partial charge >= 0.3 is 5.97 Å². The standard InChI is InChI=1S/C14H14N2O3/c1-2-19-14(18)9-13(17)16-12-8-7-10-5-3-4-6-11(10)15-12/h3-8H,2,9H2,1H3,(H,15,16,17). The molecular formula is C14H14N2O3. The van der Waals surface area contributed by atoms with Crippen molar-refractivity contribution in [3.63, 3.8) is 0 Å². The second kappa shape index (κ2) is 5.95. The predicted molar refractivity (Wildman–Crippen MR) is 71.6 cm³/mol. The van der Waals surface area contributed by atoms with E-state index in [9.17, 15) is 9.59 Å². The van der Waals surface area contributed by atoms with Crippen molar-refractivity contribution in [1.29, 1.82) is 0 Å². The summed E-state index contributed by atoms with van der Waals surface area (Å²) >= 11 is 0. The zero-order valence-corrected chi connectivity index (χ0v) is 10.6. The summed E-state index contributed by atoms with van der Waals surface area (Å²) in [6.07, 6.45) is -0.303. The Morgan fingerprint density at radius 3 is 2.79 bits per heavy atom. The highest BCUT2D eigenvalue weighted by molar-refractivity contribution is 6.01. The molecule has 1 aromatic heterocycles. The maximum absolute atomic E-state index is 11.6. The number of carbonyl (C=O) groups excluding carboxylic acids is 2. The molecule has 0 aliphatic rings. The molecule has 1 heterocycles. The van der Waals surface area contributed by atoms with Crippen LogP contribution in [0.1, 0.15) is 13.3 Å². The number of esters is 1. The number of pyridine rings is 1. The fourth-order valence-corrected chi connectivity index (χ4v) is 1.67. The number of amides is 1. The SMILES string of the molecule is CCOC(=O)CC(=O)Nc1ccc2ccccc2n1. The Bertz CT molecular complexity index is 610. The monoisotopic (exact) mass is 258 g/mol. The molecule has 1 aromatic carbocycles. The molecule has 0 radical (unpaired) electrons. The van der Waals surface area contributed by atoms with Crippen LogP contribution < -0.4 is 5.32 Å². The van der Waals surface area contributed by atoms with Crippen molar-refractivity contribution in [1.82, 2.24) is 4.98 Å². The number of hydrogen-bond donors (Lipinski definition) is 1. The second-order valence-corrected chi connectivity index (χ2v) is 3.92. The maximum atomic E-state index is 11.6. The number of fused-ring (bicyclic) bond motifs is 1. The Balaban J connectivity index is 2.04. The maximum Gasteiger partial charge on any atom is 0.315 e. The van der Waals surface area contributed by atoms with Crippen LogP contribution in [0.5, 0.6) is 0 Å². The lowest BCUT2D eigenvalue weighted by molar-refractivity contribution is -0.145. The Hall–Kier alpha value is -2.43. The number of ether oxygens (including phenoxy) is 1. The minimum absolute atomic E-state index is 0.264. The zero-order chi connectivity index (χ0) is 13.7. The molecule has 0 aliphatic heterocycles. The van der Waals surface area contributed by atoms with Gasteiger partial charge in [-0.25, -0.2) is 4.98 Å². The van der Waals surface area contributed by atoms with E-state index >= 15 is 0 Å². The highest BCUT2D eigenvalue weighted by Crippen LogP contribution is 2.14. The van der Waals surface area contributed by atoms with Crippen molar-refractivity contribution in [2.45, 2.75) is 13.3 Å². The van der Waals surface area contributed by atoms with Gasteiger partial charge < -0.3 is 10.1 Å². The summed E-state index contributed by atoms with van der Waals surface area (Å²) in [6, 6.07) is 11.2. The van der Waals surface area contributed by atoms with E-state index < -0.39 is 11.9 Å². The number of nitrogens with zero attached hydrogens (tertiary/aromatic N) is 1. The van der Waals surface area contributed by atoms with Gasteiger partial charge in [0.05, 0.1) is 12.1 Å². The van der Waals surface area contributed by atoms with Gasteiger partial charge in [-0.05, 0) is 25.1 Å². The first-order chi connectivity index (χ1) is 9.19. The van der Waals surface area contributed by atoms with Crippen molar-refractivity contribution in [3.05, 3.63) is 36.4 Å². The molecule has 0 bridgehead atoms. The van der Waals surface area contributed by atoms with Crippen LogP contribution in [0.2, 0.25) is 0 Å². The van der Waals surface area contributed by atoms with E-state index in [0.717, 1.165) is 10.9 Å². The molecule has 0 aliphatic carbocycles. The molecule has 2 rings (SSSR count). The number of nitrogens with one attached hydrogen (secondary N) is 1. The molecular weight excluding hydrogens is 244 g/mol. The lowest BCUT2D eigenvalue weighted by atomic mass is 10.2. The summed E-state index contributed by atoms with van der Waals surface area (Å²) in [7, 11) is 0. The molecule has 1 amide bonds. The van der Waals surface area contributed by atoms with Gasteiger partial charge in [0.2, 0.25) is 5.91 Å². The summed E-state index contributed by atoms with van der Waals surface area (Å²) < 4.78 is 4.70. The topological polar surface area (TPSA) is 68.3 Å². The molecule has 5 heteroatoms. The average Bonchev–Trinajstić information content (AvgIpc) is 2.38. The van der Waals surface area contributed by atoms with Crippen molar-refractivity contribution in [3.8, 4) is 0 Å². The molecule has 5 nitrogen and oxygen atoms in total. The first-order valence-electron chi connectivity index (χ1n) is 6.00. The van der Waals surface area contributed by atoms with Crippen LogP contribution in [0.3, 0.4) is 0 Å². The van der Waals surface area contributed by atoms with Gasteiger partial charge in [-0.1, -0.05) is 18.2 Å². The van der Waals surface area contributed by atoms with Gasteiger partial charge in [-0.3, -0.25) is 9.59 Å². The highest BCUT2D eigenvalue weighted by atomic mass is 16.5. The van der Waals surface area contributed by atoms with E-state index in [2.05, 4.69) is 10.3 Å². The number of carbonyl (C=O) groups is 2. The third kappa shape index (κ3) is 3.51. The minimum atomic E-state index is -0.541. The van der Waals surface area contributed by atoms with Crippen LogP contribution >= 0.6 is 0 Å². The number of rotatable bonds is 4. The van der Waals surface area contributed by atoms with Gasteiger partial charge in [-0.2, -0.15) is 0 Å². The molecule has 0 saturated carbocycles. The van der Waals surface area contributed by atoms with Crippen LogP contribution in [-0.4, -0.2) is 23.5 Å². The van der Waals surface area contributed by atoms with E-state index in [1.165, 1.54) is 0 Å². The quantitative estimate of drug-likeness (QED) is 0.673. The fraction of sp³-hybridized carbons (Fsp3) is 0.214. The number of para-hydroxylation sites is 1. The Morgan fingerprint density at radius 2 is 2.00 bits per heavy atom. The molecule has 0 fully saturated rings. The zero-order valence-electron chi connectivity index (χ0n) is 10.6. The number of anilines is 1. The van der Waals surface area contributed by atoms with Gasteiger partial charge in [0, 0.05) is 5.39 Å². The first kappa shape index (κ1) is 13.0. The lowest BCUT2D eigenvalue weighted by Crippen LogP contribution is -2.18. The molecule has 0 atom stereocenters. The van der Waals surface area contributed by atoms with E-state index in [-0.39, 0.29) is 13.0 Å². The van der Waals surface area contributed by atoms with Crippen LogP contribution in [0, 0.1) is 0 Å². The number of hydrogen-bond acceptors (Lipinski definition) is 4. The number of benzene rings is 1. The largest absolute Gasteiger partial charge is 0.466 e. The van der Waals surface area contributed by atoms with E-state index in [4.69, 9.17) is 4.74 Å². The Labute approximate surface area is 110 Å². The summed E-state index contributed by atoms with van der Waals surface area (Å²) in [4.78, 5) is 27.0. The Kier molecular flexibility index (Phi) is 4.07. The molecule has 19 heavy (non-hydrogen) atoms. The summed E-state index contributed by atoms with van der Waals surface area (Å²) in [5, 5.41) is 3.56. The third-order valence-corrected chi connectivity index (χ3v) is 2.48. The predicted octanol–water partition coefficient (Wildman–Crippen LogP) is 2.13. The summed E-state index contributed by atoms with van der Waals surface area (Å²) in [5.74, 6) is -0.546. The molecule has 98 valence electrons. The van der Waals surface area contributed by atoms with Crippen LogP contribution in [0.25, 0.3) is 10.9 Å². The van der Waals surface area contributed by atoms with Crippen molar-refractivity contribution >= 4 is 28.6 Å².